The van der Waals surface area contributed by atoms with Crippen LogP contribution in [0.5, 0.6) is 0 Å². The van der Waals surface area contributed by atoms with Crippen molar-refractivity contribution < 1.29 is 9.47 Å². The van der Waals surface area contributed by atoms with E-state index in [1.54, 1.807) is 6.33 Å². The third kappa shape index (κ3) is 6.40. The molecule has 10 heteroatoms. The lowest BCUT2D eigenvalue weighted by Gasteiger charge is -2.27. The van der Waals surface area contributed by atoms with Crippen LogP contribution in [0, 0.1) is 0 Å². The number of hydrogen-bond donors (Lipinski definition) is 1. The number of aromatic nitrogens is 5. The molecule has 0 unspecified atom stereocenters. The van der Waals surface area contributed by atoms with Crippen LogP contribution in [-0.4, -0.2) is 95.1 Å². The van der Waals surface area contributed by atoms with E-state index in [4.69, 9.17) is 9.47 Å². The van der Waals surface area contributed by atoms with E-state index >= 15 is 0 Å². The number of fused-ring (bicyclic) bond motifs is 1. The number of rotatable bonds is 7. The second kappa shape index (κ2) is 12.6. The number of benzene rings is 1. The number of nitrogens with one attached hydrogen (secondary N) is 1. The summed E-state index contributed by atoms with van der Waals surface area (Å²) in [6.07, 6.45) is 4.39. The molecule has 1 N–H and O–H groups in total. The lowest BCUT2D eigenvalue weighted by atomic mass is 10.3. The number of ether oxygens (including phenoxy) is 2. The second-order valence-electron chi connectivity index (χ2n) is 8.30. The molecule has 2 saturated heterocycles. The fourth-order valence-corrected chi connectivity index (χ4v) is 3.93. The van der Waals surface area contributed by atoms with Crippen LogP contribution in [0.2, 0.25) is 0 Å². The fourth-order valence-electron chi connectivity index (χ4n) is 3.93. The Morgan fingerprint density at radius 3 is 2.32 bits per heavy atom. The van der Waals surface area contributed by atoms with Crippen LogP contribution in [0.15, 0.2) is 30.6 Å². The molecule has 1 aromatic carbocycles. The molecule has 5 rings (SSSR count). The molecule has 2 aliphatic heterocycles. The van der Waals surface area contributed by atoms with E-state index in [0.717, 1.165) is 57.0 Å². The molecule has 0 bridgehead atoms. The van der Waals surface area contributed by atoms with Gasteiger partial charge in [-0.05, 0) is 32.0 Å². The standard InChI is InChI=1S/C16H19N7O.C8H17NO/c1-2-17-14-19-15(22-7-9-24-10-8-22)21-16(20-14)23-11-18-12-5-3-4-6-13(12)23;1-2-3-4-9-5-7-10-8-6-9/h3-6,11H,2,7-10H2,1H3,(H,17,19,20,21);2-8H2,1H3. The molecular formula is C24H36N8O2. The summed E-state index contributed by atoms with van der Waals surface area (Å²) in [5.74, 6) is 1.80. The van der Waals surface area contributed by atoms with Crippen molar-refractivity contribution in [1.82, 2.24) is 29.4 Å². The van der Waals surface area contributed by atoms with Gasteiger partial charge in [-0.1, -0.05) is 25.5 Å². The third-order valence-electron chi connectivity index (χ3n) is 5.84. The highest BCUT2D eigenvalue weighted by atomic mass is 16.5. The Morgan fingerprint density at radius 1 is 0.882 bits per heavy atom. The van der Waals surface area contributed by atoms with Gasteiger partial charge in [0.25, 0.3) is 0 Å². The van der Waals surface area contributed by atoms with Gasteiger partial charge < -0.3 is 19.7 Å². The number of morpholine rings is 2. The fraction of sp³-hybridized carbons (Fsp3) is 0.583. The van der Waals surface area contributed by atoms with Crippen molar-refractivity contribution in [2.24, 2.45) is 0 Å². The number of nitrogens with zero attached hydrogens (tertiary/aromatic N) is 7. The van der Waals surface area contributed by atoms with E-state index < -0.39 is 0 Å². The molecule has 0 saturated carbocycles. The van der Waals surface area contributed by atoms with Gasteiger partial charge in [0.1, 0.15) is 6.33 Å². The molecule has 4 heterocycles. The minimum atomic E-state index is 0.566. The maximum atomic E-state index is 5.42. The predicted molar refractivity (Wildman–Crippen MR) is 134 cm³/mol. The normalized spacial score (nSPS) is 16.8. The van der Waals surface area contributed by atoms with Crippen molar-refractivity contribution in [2.45, 2.75) is 26.7 Å². The summed E-state index contributed by atoms with van der Waals surface area (Å²) in [7, 11) is 0. The van der Waals surface area contributed by atoms with E-state index in [1.807, 2.05) is 35.8 Å². The van der Waals surface area contributed by atoms with E-state index in [0.29, 0.717) is 31.1 Å². The lowest BCUT2D eigenvalue weighted by Crippen LogP contribution is -2.37. The number of hydrogen-bond acceptors (Lipinski definition) is 9. The third-order valence-corrected chi connectivity index (χ3v) is 5.84. The SMILES string of the molecule is CCCCN1CCOCC1.CCNc1nc(N2CCOCC2)nc(-n2cnc3ccccc32)n1. The Balaban J connectivity index is 0.000000231. The van der Waals surface area contributed by atoms with Crippen LogP contribution in [0.4, 0.5) is 11.9 Å². The molecule has 184 valence electrons. The van der Waals surface area contributed by atoms with E-state index in [2.05, 4.69) is 42.0 Å². The first-order valence-corrected chi connectivity index (χ1v) is 12.3. The molecule has 3 aromatic rings. The van der Waals surface area contributed by atoms with Gasteiger partial charge in [-0.3, -0.25) is 9.47 Å². The van der Waals surface area contributed by atoms with E-state index in [1.165, 1.54) is 19.4 Å². The van der Waals surface area contributed by atoms with Gasteiger partial charge in [0, 0.05) is 32.7 Å². The van der Waals surface area contributed by atoms with Crippen LogP contribution in [0.3, 0.4) is 0 Å². The molecule has 10 nitrogen and oxygen atoms in total. The summed E-state index contributed by atoms with van der Waals surface area (Å²) < 4.78 is 12.5. The summed E-state index contributed by atoms with van der Waals surface area (Å²) in [5, 5.41) is 3.18. The maximum Gasteiger partial charge on any atom is 0.242 e. The molecule has 0 radical (unpaired) electrons. The largest absolute Gasteiger partial charge is 0.379 e. The van der Waals surface area contributed by atoms with Gasteiger partial charge in [0.2, 0.25) is 17.8 Å². The maximum absolute atomic E-state index is 5.42. The number of unbranched alkanes of at least 4 members (excludes halogenated alkanes) is 1. The Hall–Kier alpha value is -2.82. The molecule has 0 spiro atoms. The summed E-state index contributed by atoms with van der Waals surface area (Å²) >= 11 is 0. The summed E-state index contributed by atoms with van der Waals surface area (Å²) in [6, 6.07) is 7.93. The minimum absolute atomic E-state index is 0.566. The first-order chi connectivity index (χ1) is 16.8. The first kappa shape index (κ1) is 24.3. The Morgan fingerprint density at radius 2 is 1.59 bits per heavy atom. The highest BCUT2D eigenvalue weighted by molar-refractivity contribution is 5.76. The highest BCUT2D eigenvalue weighted by Gasteiger charge is 2.18. The average Bonchev–Trinajstić information content (AvgIpc) is 3.33. The molecular weight excluding hydrogens is 432 g/mol. The van der Waals surface area contributed by atoms with Gasteiger partial charge in [-0.15, -0.1) is 0 Å². The zero-order chi connectivity index (χ0) is 23.6. The van der Waals surface area contributed by atoms with Crippen LogP contribution in [0.25, 0.3) is 17.0 Å². The Bertz CT molecular complexity index is 1020. The van der Waals surface area contributed by atoms with Crippen LogP contribution in [-0.2, 0) is 9.47 Å². The van der Waals surface area contributed by atoms with E-state index in [-0.39, 0.29) is 0 Å². The van der Waals surface area contributed by atoms with Crippen LogP contribution < -0.4 is 10.2 Å². The molecule has 0 aliphatic carbocycles. The van der Waals surface area contributed by atoms with Gasteiger partial charge in [-0.2, -0.15) is 15.0 Å². The number of anilines is 2. The van der Waals surface area contributed by atoms with Gasteiger partial charge in [-0.25, -0.2) is 4.98 Å². The topological polar surface area (TPSA) is 93.5 Å². The molecule has 0 amide bonds. The van der Waals surface area contributed by atoms with Gasteiger partial charge in [0.05, 0.1) is 37.5 Å². The molecule has 2 fully saturated rings. The number of imidazole rings is 1. The molecule has 2 aromatic heterocycles. The van der Waals surface area contributed by atoms with Crippen molar-refractivity contribution in [3.05, 3.63) is 30.6 Å². The second-order valence-corrected chi connectivity index (χ2v) is 8.30. The number of para-hydroxylation sites is 2. The minimum Gasteiger partial charge on any atom is -0.379 e. The van der Waals surface area contributed by atoms with Gasteiger partial charge >= 0.3 is 0 Å². The van der Waals surface area contributed by atoms with Crippen LogP contribution in [0.1, 0.15) is 26.7 Å². The molecule has 0 atom stereocenters. The quantitative estimate of drug-likeness (QED) is 0.561. The Labute approximate surface area is 201 Å². The van der Waals surface area contributed by atoms with Gasteiger partial charge in [0.15, 0.2) is 0 Å². The summed E-state index contributed by atoms with van der Waals surface area (Å²) in [6.45, 7) is 13.3. The molecule has 2 aliphatic rings. The van der Waals surface area contributed by atoms with Crippen molar-refractivity contribution in [1.29, 1.82) is 0 Å². The monoisotopic (exact) mass is 468 g/mol. The van der Waals surface area contributed by atoms with Crippen molar-refractivity contribution in [2.75, 3.05) is 75.9 Å². The first-order valence-electron chi connectivity index (χ1n) is 12.3. The smallest absolute Gasteiger partial charge is 0.242 e. The summed E-state index contributed by atoms with van der Waals surface area (Å²) in [4.78, 5) is 22.8. The lowest BCUT2D eigenvalue weighted by molar-refractivity contribution is 0.0373. The zero-order valence-electron chi connectivity index (χ0n) is 20.3. The average molecular weight is 469 g/mol. The zero-order valence-corrected chi connectivity index (χ0v) is 20.3. The highest BCUT2D eigenvalue weighted by Crippen LogP contribution is 2.19. The Kier molecular flexibility index (Phi) is 9.00. The molecule has 34 heavy (non-hydrogen) atoms. The van der Waals surface area contributed by atoms with Crippen LogP contribution >= 0.6 is 0 Å². The summed E-state index contributed by atoms with van der Waals surface area (Å²) in [5.41, 5.74) is 1.88. The van der Waals surface area contributed by atoms with Crippen molar-refractivity contribution in [3.8, 4) is 5.95 Å². The van der Waals surface area contributed by atoms with Crippen molar-refractivity contribution in [3.63, 3.8) is 0 Å². The predicted octanol–water partition coefficient (Wildman–Crippen LogP) is 2.60. The van der Waals surface area contributed by atoms with Crippen molar-refractivity contribution >= 4 is 22.9 Å². The van der Waals surface area contributed by atoms with E-state index in [9.17, 15) is 0 Å².